The summed E-state index contributed by atoms with van der Waals surface area (Å²) in [6.45, 7) is 6.49. The zero-order chi connectivity index (χ0) is 13.9. The van der Waals surface area contributed by atoms with Crippen molar-refractivity contribution in [2.45, 2.75) is 20.8 Å². The van der Waals surface area contributed by atoms with Gasteiger partial charge in [-0.15, -0.1) is 0 Å². The molecule has 2 amide bonds. The minimum absolute atomic E-state index is 0.373. The molecule has 1 aromatic carbocycles. The van der Waals surface area contributed by atoms with E-state index >= 15 is 0 Å². The summed E-state index contributed by atoms with van der Waals surface area (Å²) in [4.78, 5) is 22.6. The van der Waals surface area contributed by atoms with Crippen molar-refractivity contribution in [3.63, 3.8) is 0 Å². The van der Waals surface area contributed by atoms with E-state index in [1.165, 1.54) is 0 Å². The molecule has 18 heavy (non-hydrogen) atoms. The van der Waals surface area contributed by atoms with Gasteiger partial charge in [-0.3, -0.25) is 9.59 Å². The van der Waals surface area contributed by atoms with E-state index < -0.39 is 11.8 Å². The Morgan fingerprint density at radius 1 is 1.17 bits per heavy atom. The van der Waals surface area contributed by atoms with Gasteiger partial charge in [0.2, 0.25) is 5.91 Å². The summed E-state index contributed by atoms with van der Waals surface area (Å²) in [5, 5.41) is 3.11. The number of amides is 2. The van der Waals surface area contributed by atoms with Gasteiger partial charge in [0.15, 0.2) is 0 Å². The molecule has 0 heterocycles. The Bertz CT molecular complexity index is 481. The number of primary amides is 2. The van der Waals surface area contributed by atoms with Gasteiger partial charge in [-0.1, -0.05) is 13.8 Å². The van der Waals surface area contributed by atoms with Gasteiger partial charge in [0, 0.05) is 17.8 Å². The second-order valence-corrected chi connectivity index (χ2v) is 4.72. The zero-order valence-corrected chi connectivity index (χ0v) is 10.9. The molecule has 0 atom stereocenters. The van der Waals surface area contributed by atoms with Crippen molar-refractivity contribution in [1.29, 1.82) is 0 Å². The minimum atomic E-state index is -0.527. The lowest BCUT2D eigenvalue weighted by atomic mass is 10.0. The highest BCUT2D eigenvalue weighted by molar-refractivity contribution is 6.02. The van der Waals surface area contributed by atoms with Crippen molar-refractivity contribution in [1.82, 2.24) is 0 Å². The average molecular weight is 249 g/mol. The number of rotatable bonds is 5. The first-order valence-corrected chi connectivity index (χ1v) is 5.81. The summed E-state index contributed by atoms with van der Waals surface area (Å²) in [5.74, 6) is -0.638. The predicted octanol–water partition coefficient (Wildman–Crippen LogP) is 1.26. The molecule has 1 rings (SSSR count). The fraction of sp³-hybridized carbons (Fsp3) is 0.385. The highest BCUT2D eigenvalue weighted by Crippen LogP contribution is 2.21. The third-order valence-corrected chi connectivity index (χ3v) is 2.60. The largest absolute Gasteiger partial charge is 0.384 e. The molecule has 1 aromatic rings. The topological polar surface area (TPSA) is 98.2 Å². The summed E-state index contributed by atoms with van der Waals surface area (Å²) >= 11 is 0. The number of hydrogen-bond donors (Lipinski definition) is 3. The number of anilines is 1. The maximum absolute atomic E-state index is 11.4. The number of benzene rings is 1. The van der Waals surface area contributed by atoms with E-state index in [9.17, 15) is 9.59 Å². The minimum Gasteiger partial charge on any atom is -0.384 e. The van der Waals surface area contributed by atoms with E-state index in [4.69, 9.17) is 11.5 Å². The fourth-order valence-electron chi connectivity index (χ4n) is 1.64. The van der Waals surface area contributed by atoms with Crippen LogP contribution in [0.1, 0.15) is 40.1 Å². The van der Waals surface area contributed by atoms with Crippen LogP contribution in [0.4, 0.5) is 5.69 Å². The number of aryl methyl sites for hydroxylation is 1. The summed E-state index contributed by atoms with van der Waals surface area (Å²) in [6.07, 6.45) is 0. The van der Waals surface area contributed by atoms with Gasteiger partial charge in [0.1, 0.15) is 0 Å². The number of hydrogen-bond acceptors (Lipinski definition) is 3. The highest BCUT2D eigenvalue weighted by atomic mass is 16.1. The molecule has 0 aliphatic heterocycles. The zero-order valence-electron chi connectivity index (χ0n) is 10.9. The Hall–Kier alpha value is -2.04. The molecule has 0 saturated carbocycles. The molecule has 98 valence electrons. The smallest absolute Gasteiger partial charge is 0.250 e. The molecular formula is C13H19N3O2. The van der Waals surface area contributed by atoms with Crippen molar-refractivity contribution >= 4 is 17.5 Å². The van der Waals surface area contributed by atoms with Gasteiger partial charge in [0.05, 0.1) is 5.56 Å². The quantitative estimate of drug-likeness (QED) is 0.732. The number of nitrogens with two attached hydrogens (primary N) is 2. The fourth-order valence-corrected chi connectivity index (χ4v) is 1.64. The highest BCUT2D eigenvalue weighted by Gasteiger charge is 2.14. The first-order chi connectivity index (χ1) is 8.32. The van der Waals surface area contributed by atoms with E-state index in [2.05, 4.69) is 5.32 Å². The third-order valence-electron chi connectivity index (χ3n) is 2.60. The van der Waals surface area contributed by atoms with E-state index in [1.807, 2.05) is 13.8 Å². The van der Waals surface area contributed by atoms with Crippen LogP contribution in [-0.2, 0) is 0 Å². The molecule has 0 saturated heterocycles. The second-order valence-electron chi connectivity index (χ2n) is 4.72. The van der Waals surface area contributed by atoms with Crippen molar-refractivity contribution < 1.29 is 9.59 Å². The van der Waals surface area contributed by atoms with Crippen molar-refractivity contribution in [2.24, 2.45) is 17.4 Å². The van der Waals surface area contributed by atoms with Crippen LogP contribution in [0.3, 0.4) is 0 Å². The van der Waals surface area contributed by atoms with Gasteiger partial charge in [0.25, 0.3) is 5.91 Å². The lowest BCUT2D eigenvalue weighted by Gasteiger charge is -2.14. The average Bonchev–Trinajstić information content (AvgIpc) is 2.26. The Balaban J connectivity index is 3.22. The number of carbonyl (C=O) groups is 2. The van der Waals surface area contributed by atoms with Crippen LogP contribution >= 0.6 is 0 Å². The van der Waals surface area contributed by atoms with Crippen LogP contribution in [0.5, 0.6) is 0 Å². The van der Waals surface area contributed by atoms with E-state index in [0.717, 1.165) is 0 Å². The van der Waals surface area contributed by atoms with Gasteiger partial charge in [-0.2, -0.15) is 0 Å². The maximum Gasteiger partial charge on any atom is 0.250 e. The lowest BCUT2D eigenvalue weighted by molar-refractivity contribution is 0.0988. The van der Waals surface area contributed by atoms with Crippen LogP contribution in [-0.4, -0.2) is 18.4 Å². The Morgan fingerprint density at radius 3 is 2.17 bits per heavy atom. The molecule has 0 aliphatic rings. The molecule has 0 bridgehead atoms. The summed E-state index contributed by atoms with van der Waals surface area (Å²) < 4.78 is 0. The maximum atomic E-state index is 11.4. The standard InChI is InChI=1S/C13H19N3O2/c1-7(2)6-16-11-5-9(12(14)17)8(3)4-10(11)13(15)18/h4-5,7,16H,6H2,1-3H3,(H2,14,17)(H2,15,18). The summed E-state index contributed by atoms with van der Waals surface area (Å²) in [5.41, 5.74) is 12.6. The first-order valence-electron chi connectivity index (χ1n) is 5.81. The molecule has 5 heteroatoms. The Labute approximate surface area is 107 Å². The first kappa shape index (κ1) is 14.0. The summed E-state index contributed by atoms with van der Waals surface area (Å²) in [6, 6.07) is 3.17. The van der Waals surface area contributed by atoms with Gasteiger partial charge in [-0.25, -0.2) is 0 Å². The van der Waals surface area contributed by atoms with Crippen molar-refractivity contribution in [2.75, 3.05) is 11.9 Å². The molecule has 0 fully saturated rings. The van der Waals surface area contributed by atoms with Crippen molar-refractivity contribution in [3.8, 4) is 0 Å². The van der Waals surface area contributed by atoms with Crippen LogP contribution in [0.25, 0.3) is 0 Å². The second kappa shape index (κ2) is 5.53. The van der Waals surface area contributed by atoms with Crippen molar-refractivity contribution in [3.05, 3.63) is 28.8 Å². The molecule has 0 aromatic heterocycles. The molecule has 5 nitrogen and oxygen atoms in total. The molecule has 0 unspecified atom stereocenters. The molecular weight excluding hydrogens is 230 g/mol. The van der Waals surface area contributed by atoms with Crippen LogP contribution in [0.2, 0.25) is 0 Å². The number of nitrogens with one attached hydrogen (secondary N) is 1. The van der Waals surface area contributed by atoms with E-state index in [1.54, 1.807) is 19.1 Å². The van der Waals surface area contributed by atoms with Crippen LogP contribution < -0.4 is 16.8 Å². The number of carbonyl (C=O) groups excluding carboxylic acids is 2. The van der Waals surface area contributed by atoms with E-state index in [0.29, 0.717) is 34.8 Å². The SMILES string of the molecule is Cc1cc(C(N)=O)c(NCC(C)C)cc1C(N)=O. The third kappa shape index (κ3) is 3.23. The van der Waals surface area contributed by atoms with Crippen LogP contribution in [0, 0.1) is 12.8 Å². The Kier molecular flexibility index (Phi) is 4.31. The molecule has 0 radical (unpaired) electrons. The molecule has 0 spiro atoms. The predicted molar refractivity (Wildman–Crippen MR) is 71.5 cm³/mol. The Morgan fingerprint density at radius 2 is 1.72 bits per heavy atom. The summed E-state index contributed by atoms with van der Waals surface area (Å²) in [7, 11) is 0. The van der Waals surface area contributed by atoms with Gasteiger partial charge in [-0.05, 0) is 30.5 Å². The van der Waals surface area contributed by atoms with Gasteiger partial charge >= 0.3 is 0 Å². The van der Waals surface area contributed by atoms with Crippen LogP contribution in [0.15, 0.2) is 12.1 Å². The van der Waals surface area contributed by atoms with Gasteiger partial charge < -0.3 is 16.8 Å². The normalized spacial score (nSPS) is 10.4. The monoisotopic (exact) mass is 249 g/mol. The lowest BCUT2D eigenvalue weighted by Crippen LogP contribution is -2.19. The van der Waals surface area contributed by atoms with E-state index in [-0.39, 0.29) is 0 Å². The molecule has 5 N–H and O–H groups in total. The molecule has 0 aliphatic carbocycles.